The first-order valence-electron chi connectivity index (χ1n) is 6.11. The molecule has 1 aromatic carbocycles. The Kier molecular flexibility index (Phi) is 4.30. The summed E-state index contributed by atoms with van der Waals surface area (Å²) in [4.78, 5) is 14.5. The summed E-state index contributed by atoms with van der Waals surface area (Å²) < 4.78 is 5.47. The van der Waals surface area contributed by atoms with Gasteiger partial charge in [0.05, 0.1) is 0 Å². The molecule has 0 aliphatic carbocycles. The van der Waals surface area contributed by atoms with Gasteiger partial charge in [0.15, 0.2) is 11.5 Å². The van der Waals surface area contributed by atoms with Crippen LogP contribution < -0.4 is 5.32 Å². The van der Waals surface area contributed by atoms with Crippen molar-refractivity contribution in [3.8, 4) is 0 Å². The van der Waals surface area contributed by atoms with E-state index in [1.165, 1.54) is 5.56 Å². The monoisotopic (exact) mass is 260 g/mol. The van der Waals surface area contributed by atoms with Crippen LogP contribution in [0.2, 0.25) is 0 Å². The Balaban J connectivity index is 1.83. The summed E-state index contributed by atoms with van der Waals surface area (Å²) in [5.41, 5.74) is 2.85. The molecule has 2 aromatic rings. The third kappa shape index (κ3) is 3.93. The van der Waals surface area contributed by atoms with Crippen molar-refractivity contribution >= 4 is 17.1 Å². The minimum Gasteiger partial charge on any atom is -0.478 e. The molecule has 2 rings (SSSR count). The second-order valence-corrected chi connectivity index (χ2v) is 4.23. The van der Waals surface area contributed by atoms with Crippen LogP contribution in [0.15, 0.2) is 34.8 Å². The molecule has 0 radical (unpaired) electrons. The van der Waals surface area contributed by atoms with Crippen molar-refractivity contribution in [3.05, 3.63) is 41.8 Å². The lowest BCUT2D eigenvalue weighted by Crippen LogP contribution is -2.17. The Morgan fingerprint density at radius 2 is 2.37 bits per heavy atom. The number of hydrogen-bond acceptors (Lipinski definition) is 4. The van der Waals surface area contributed by atoms with Gasteiger partial charge in [-0.2, -0.15) is 0 Å². The van der Waals surface area contributed by atoms with Crippen molar-refractivity contribution in [2.75, 3.05) is 13.1 Å². The first-order valence-corrected chi connectivity index (χ1v) is 6.11. The number of oxazole rings is 1. The van der Waals surface area contributed by atoms with E-state index in [1.54, 1.807) is 6.08 Å². The number of carboxylic acids is 1. The van der Waals surface area contributed by atoms with E-state index in [-0.39, 0.29) is 0 Å². The van der Waals surface area contributed by atoms with Gasteiger partial charge in [-0.1, -0.05) is 12.1 Å². The van der Waals surface area contributed by atoms with Crippen LogP contribution in [0.4, 0.5) is 0 Å². The van der Waals surface area contributed by atoms with Gasteiger partial charge < -0.3 is 14.8 Å². The third-order valence-electron chi connectivity index (χ3n) is 2.67. The van der Waals surface area contributed by atoms with Crippen LogP contribution in [0.3, 0.4) is 0 Å². The van der Waals surface area contributed by atoms with Crippen molar-refractivity contribution < 1.29 is 14.3 Å². The summed E-state index contributed by atoms with van der Waals surface area (Å²) in [7, 11) is 0. The first-order chi connectivity index (χ1) is 9.15. The third-order valence-corrected chi connectivity index (χ3v) is 2.67. The molecule has 0 spiro atoms. The van der Waals surface area contributed by atoms with E-state index in [0.29, 0.717) is 12.4 Å². The van der Waals surface area contributed by atoms with Gasteiger partial charge in [-0.3, -0.25) is 0 Å². The molecule has 0 aliphatic heterocycles. The van der Waals surface area contributed by atoms with Crippen LogP contribution in [0, 0.1) is 6.92 Å². The predicted molar refractivity (Wildman–Crippen MR) is 72.1 cm³/mol. The van der Waals surface area contributed by atoms with Gasteiger partial charge in [-0.05, 0) is 30.7 Å². The number of aryl methyl sites for hydroxylation is 1. The number of aromatic nitrogens is 1. The maximum Gasteiger partial charge on any atom is 0.328 e. The van der Waals surface area contributed by atoms with E-state index in [9.17, 15) is 4.79 Å². The van der Waals surface area contributed by atoms with Gasteiger partial charge in [0.2, 0.25) is 0 Å². The van der Waals surface area contributed by atoms with Crippen LogP contribution in [-0.2, 0) is 11.2 Å². The highest BCUT2D eigenvalue weighted by molar-refractivity contribution is 5.79. The Labute approximate surface area is 110 Å². The molecule has 2 N–H and O–H groups in total. The van der Waals surface area contributed by atoms with Gasteiger partial charge in [-0.15, -0.1) is 0 Å². The van der Waals surface area contributed by atoms with Crippen molar-refractivity contribution in [2.24, 2.45) is 0 Å². The quantitative estimate of drug-likeness (QED) is 0.613. The molecule has 0 atom stereocenters. The standard InChI is InChI=1S/C14H16N2O3/c1-10-16-12-5-4-11(9-13(12)19-10)6-8-15-7-2-3-14(17)18/h2-5,9,15H,6-8H2,1H3,(H,17,18)/b3-2+. The summed E-state index contributed by atoms with van der Waals surface area (Å²) >= 11 is 0. The van der Waals surface area contributed by atoms with Gasteiger partial charge in [0.1, 0.15) is 5.52 Å². The minimum absolute atomic E-state index is 0.552. The summed E-state index contributed by atoms with van der Waals surface area (Å²) in [6.07, 6.45) is 3.58. The topological polar surface area (TPSA) is 75.4 Å². The maximum absolute atomic E-state index is 10.2. The lowest BCUT2D eigenvalue weighted by Gasteiger charge is -2.01. The minimum atomic E-state index is -0.923. The van der Waals surface area contributed by atoms with E-state index < -0.39 is 5.97 Å². The molecule has 1 heterocycles. The number of carbonyl (C=O) groups is 1. The van der Waals surface area contributed by atoms with Crippen LogP contribution in [0.5, 0.6) is 0 Å². The van der Waals surface area contributed by atoms with Crippen LogP contribution in [0.25, 0.3) is 11.1 Å². The van der Waals surface area contributed by atoms with Crippen LogP contribution in [0.1, 0.15) is 11.5 Å². The van der Waals surface area contributed by atoms with Crippen molar-refractivity contribution in [1.29, 1.82) is 0 Å². The number of carboxylic acid groups (broad SMARTS) is 1. The lowest BCUT2D eigenvalue weighted by atomic mass is 10.1. The molecule has 0 bridgehead atoms. The van der Waals surface area contributed by atoms with Gasteiger partial charge >= 0.3 is 5.97 Å². The fourth-order valence-electron chi connectivity index (χ4n) is 1.82. The number of aliphatic carboxylic acids is 1. The summed E-state index contributed by atoms with van der Waals surface area (Å²) in [5, 5.41) is 11.6. The largest absolute Gasteiger partial charge is 0.478 e. The van der Waals surface area contributed by atoms with E-state index in [4.69, 9.17) is 9.52 Å². The van der Waals surface area contributed by atoms with Crippen molar-refractivity contribution in [2.45, 2.75) is 13.3 Å². The number of benzene rings is 1. The summed E-state index contributed by atoms with van der Waals surface area (Å²) in [5.74, 6) is -0.253. The van der Waals surface area contributed by atoms with E-state index in [1.807, 2.05) is 25.1 Å². The molecule has 19 heavy (non-hydrogen) atoms. The number of hydrogen-bond donors (Lipinski definition) is 2. The molecule has 0 aliphatic rings. The molecule has 5 heteroatoms. The Morgan fingerprint density at radius 3 is 3.16 bits per heavy atom. The van der Waals surface area contributed by atoms with E-state index in [0.717, 1.165) is 30.1 Å². The average Bonchev–Trinajstić information content (AvgIpc) is 2.72. The zero-order valence-electron chi connectivity index (χ0n) is 10.7. The molecule has 0 fully saturated rings. The molecular formula is C14H16N2O3. The SMILES string of the molecule is Cc1nc2ccc(CCNC/C=C/C(=O)O)cc2o1. The zero-order valence-corrected chi connectivity index (χ0v) is 10.7. The molecule has 1 aromatic heterocycles. The fraction of sp³-hybridized carbons (Fsp3) is 0.286. The summed E-state index contributed by atoms with van der Waals surface area (Å²) in [6.45, 7) is 3.16. The highest BCUT2D eigenvalue weighted by atomic mass is 16.4. The maximum atomic E-state index is 10.2. The molecule has 0 amide bonds. The molecule has 5 nitrogen and oxygen atoms in total. The van der Waals surface area contributed by atoms with Crippen LogP contribution >= 0.6 is 0 Å². The molecule has 0 unspecified atom stereocenters. The van der Waals surface area contributed by atoms with E-state index >= 15 is 0 Å². The number of nitrogens with zero attached hydrogens (tertiary/aromatic N) is 1. The lowest BCUT2D eigenvalue weighted by molar-refractivity contribution is -0.131. The van der Waals surface area contributed by atoms with Crippen LogP contribution in [-0.4, -0.2) is 29.1 Å². The number of fused-ring (bicyclic) bond motifs is 1. The zero-order chi connectivity index (χ0) is 13.7. The smallest absolute Gasteiger partial charge is 0.328 e. The van der Waals surface area contributed by atoms with Gasteiger partial charge in [0.25, 0.3) is 0 Å². The number of nitrogens with one attached hydrogen (secondary N) is 1. The number of rotatable bonds is 6. The molecule has 0 saturated heterocycles. The second-order valence-electron chi connectivity index (χ2n) is 4.23. The van der Waals surface area contributed by atoms with Gasteiger partial charge in [-0.25, -0.2) is 9.78 Å². The molecular weight excluding hydrogens is 244 g/mol. The first kappa shape index (κ1) is 13.3. The fourth-order valence-corrected chi connectivity index (χ4v) is 1.82. The molecule has 0 saturated carbocycles. The summed E-state index contributed by atoms with van der Waals surface area (Å²) in [6, 6.07) is 5.97. The molecule has 100 valence electrons. The second kappa shape index (κ2) is 6.15. The average molecular weight is 260 g/mol. The predicted octanol–water partition coefficient (Wildman–Crippen LogP) is 1.91. The highest BCUT2D eigenvalue weighted by Gasteiger charge is 2.02. The Hall–Kier alpha value is -2.14. The van der Waals surface area contributed by atoms with Crippen molar-refractivity contribution in [3.63, 3.8) is 0 Å². The Morgan fingerprint density at radius 1 is 1.53 bits per heavy atom. The van der Waals surface area contributed by atoms with Crippen molar-refractivity contribution in [1.82, 2.24) is 10.3 Å². The normalized spacial score (nSPS) is 11.4. The Bertz CT molecular complexity index is 602. The van der Waals surface area contributed by atoms with Gasteiger partial charge in [0, 0.05) is 19.5 Å². The van der Waals surface area contributed by atoms with E-state index in [2.05, 4.69) is 10.3 Å². The highest BCUT2D eigenvalue weighted by Crippen LogP contribution is 2.16.